The van der Waals surface area contributed by atoms with Crippen LogP contribution >= 0.6 is 0 Å². The highest BCUT2D eigenvalue weighted by Gasteiger charge is 2.26. The van der Waals surface area contributed by atoms with Crippen LogP contribution < -0.4 is 0 Å². The van der Waals surface area contributed by atoms with E-state index in [4.69, 9.17) is 4.74 Å². The zero-order chi connectivity index (χ0) is 11.3. The number of hydrogen-bond acceptors (Lipinski definition) is 3. The van der Waals surface area contributed by atoms with Crippen LogP contribution in [-0.2, 0) is 9.53 Å². The van der Waals surface area contributed by atoms with Crippen LogP contribution in [-0.4, -0.2) is 30.5 Å². The second-order valence-electron chi connectivity index (χ2n) is 4.01. The molecule has 0 N–H and O–H groups in total. The van der Waals surface area contributed by atoms with E-state index < -0.39 is 0 Å². The summed E-state index contributed by atoms with van der Waals surface area (Å²) < 4.78 is 5.03. The summed E-state index contributed by atoms with van der Waals surface area (Å²) >= 11 is 0. The zero-order valence-corrected chi connectivity index (χ0v) is 9.37. The summed E-state index contributed by atoms with van der Waals surface area (Å²) in [6, 6.07) is 0. The fourth-order valence-corrected chi connectivity index (χ4v) is 1.85. The molecule has 0 aromatic heterocycles. The minimum Gasteiger partial charge on any atom is -0.432 e. The summed E-state index contributed by atoms with van der Waals surface area (Å²) in [5, 5.41) is 0. The van der Waals surface area contributed by atoms with Gasteiger partial charge in [0.25, 0.3) is 0 Å². The molecule has 0 radical (unpaired) electrons. The summed E-state index contributed by atoms with van der Waals surface area (Å²) in [5.41, 5.74) is 0. The van der Waals surface area contributed by atoms with Gasteiger partial charge >= 0.3 is 5.97 Å². The molecule has 0 saturated carbocycles. The van der Waals surface area contributed by atoms with Gasteiger partial charge in [0.15, 0.2) is 0 Å². The van der Waals surface area contributed by atoms with E-state index in [0.717, 1.165) is 32.5 Å². The maximum atomic E-state index is 11.6. The Hall–Kier alpha value is -1.09. The van der Waals surface area contributed by atoms with Crippen LogP contribution in [0.25, 0.3) is 0 Å². The molecule has 1 aliphatic heterocycles. The molecule has 1 aliphatic rings. The van der Waals surface area contributed by atoms with Crippen LogP contribution in [0.3, 0.4) is 0 Å². The first-order chi connectivity index (χ1) is 7.13. The first-order valence-corrected chi connectivity index (χ1v) is 5.34. The lowest BCUT2D eigenvalue weighted by Gasteiger charge is -2.30. The summed E-state index contributed by atoms with van der Waals surface area (Å²) in [6.45, 7) is 11.6. The van der Waals surface area contributed by atoms with Crippen molar-refractivity contribution < 1.29 is 9.53 Å². The van der Waals surface area contributed by atoms with Gasteiger partial charge in [-0.05, 0) is 26.3 Å². The molecule has 1 atom stereocenters. The normalized spacial score (nSPS) is 22.1. The van der Waals surface area contributed by atoms with Gasteiger partial charge in [-0.1, -0.05) is 12.7 Å². The van der Waals surface area contributed by atoms with Crippen molar-refractivity contribution in [3.63, 3.8) is 0 Å². The Morgan fingerprint density at radius 2 is 2.40 bits per heavy atom. The van der Waals surface area contributed by atoms with Crippen molar-refractivity contribution in [2.45, 2.75) is 19.8 Å². The topological polar surface area (TPSA) is 29.5 Å². The number of rotatable bonds is 4. The highest BCUT2D eigenvalue weighted by Crippen LogP contribution is 2.18. The minimum atomic E-state index is -0.142. The van der Waals surface area contributed by atoms with Crippen LogP contribution in [0.5, 0.6) is 0 Å². The lowest BCUT2D eigenvalue weighted by atomic mass is 9.98. The van der Waals surface area contributed by atoms with E-state index in [1.165, 1.54) is 0 Å². The quantitative estimate of drug-likeness (QED) is 0.403. The fourth-order valence-electron chi connectivity index (χ4n) is 1.85. The van der Waals surface area contributed by atoms with Crippen molar-refractivity contribution in [1.29, 1.82) is 0 Å². The van der Waals surface area contributed by atoms with Crippen LogP contribution in [0.2, 0.25) is 0 Å². The van der Waals surface area contributed by atoms with Gasteiger partial charge in [-0.15, -0.1) is 6.58 Å². The Bertz CT molecular complexity index is 260. The number of piperidine rings is 1. The molecular formula is C12H19NO2. The Labute approximate surface area is 91.4 Å². The third-order valence-corrected chi connectivity index (χ3v) is 2.50. The molecule has 0 spiro atoms. The molecule has 0 bridgehead atoms. The van der Waals surface area contributed by atoms with Gasteiger partial charge < -0.3 is 4.74 Å². The Balaban J connectivity index is 2.44. The number of esters is 1. The molecule has 0 aromatic rings. The van der Waals surface area contributed by atoms with Crippen molar-refractivity contribution in [3.8, 4) is 0 Å². The molecule has 0 aromatic carbocycles. The maximum Gasteiger partial charge on any atom is 0.315 e. The Kier molecular flexibility index (Phi) is 4.56. The second-order valence-corrected chi connectivity index (χ2v) is 4.01. The zero-order valence-electron chi connectivity index (χ0n) is 9.37. The SMILES string of the molecule is C=CCN1CCCC(C(=O)OC(=C)C)C1. The van der Waals surface area contributed by atoms with Gasteiger partial charge in [0, 0.05) is 13.1 Å². The van der Waals surface area contributed by atoms with Gasteiger partial charge in [-0.25, -0.2) is 0 Å². The third-order valence-electron chi connectivity index (χ3n) is 2.50. The van der Waals surface area contributed by atoms with Crippen LogP contribution in [0.15, 0.2) is 25.0 Å². The number of likely N-dealkylation sites (tertiary alicyclic amines) is 1. The van der Waals surface area contributed by atoms with E-state index in [1.807, 2.05) is 6.08 Å². The van der Waals surface area contributed by atoms with Crippen molar-refractivity contribution in [1.82, 2.24) is 4.90 Å². The molecule has 1 rings (SSSR count). The first kappa shape index (κ1) is 12.0. The minimum absolute atomic E-state index is 0.00426. The van der Waals surface area contributed by atoms with E-state index in [2.05, 4.69) is 18.1 Å². The molecule has 3 heteroatoms. The molecule has 1 heterocycles. The Morgan fingerprint density at radius 3 is 3.00 bits per heavy atom. The third kappa shape index (κ3) is 3.88. The summed E-state index contributed by atoms with van der Waals surface area (Å²) in [7, 11) is 0. The first-order valence-electron chi connectivity index (χ1n) is 5.34. The average Bonchev–Trinajstić information content (AvgIpc) is 2.17. The van der Waals surface area contributed by atoms with Crippen molar-refractivity contribution in [2.24, 2.45) is 5.92 Å². The lowest BCUT2D eigenvalue weighted by Crippen LogP contribution is -2.39. The highest BCUT2D eigenvalue weighted by atomic mass is 16.5. The van der Waals surface area contributed by atoms with E-state index in [-0.39, 0.29) is 11.9 Å². The van der Waals surface area contributed by atoms with Gasteiger partial charge in [0.1, 0.15) is 0 Å². The number of allylic oxidation sites excluding steroid dienone is 1. The molecule has 15 heavy (non-hydrogen) atoms. The van der Waals surface area contributed by atoms with E-state index in [1.54, 1.807) is 6.92 Å². The second kappa shape index (κ2) is 5.71. The molecule has 0 aliphatic carbocycles. The average molecular weight is 209 g/mol. The van der Waals surface area contributed by atoms with Gasteiger partial charge in [-0.2, -0.15) is 0 Å². The maximum absolute atomic E-state index is 11.6. The number of hydrogen-bond donors (Lipinski definition) is 0. The predicted octanol–water partition coefficient (Wildman–Crippen LogP) is 1.96. The predicted molar refractivity (Wildman–Crippen MR) is 60.3 cm³/mol. The van der Waals surface area contributed by atoms with E-state index >= 15 is 0 Å². The monoisotopic (exact) mass is 209 g/mol. The molecule has 0 amide bonds. The van der Waals surface area contributed by atoms with E-state index in [9.17, 15) is 4.79 Å². The lowest BCUT2D eigenvalue weighted by molar-refractivity contribution is -0.145. The number of carbonyl (C=O) groups is 1. The highest BCUT2D eigenvalue weighted by molar-refractivity contribution is 5.73. The van der Waals surface area contributed by atoms with Crippen molar-refractivity contribution >= 4 is 5.97 Å². The van der Waals surface area contributed by atoms with Gasteiger partial charge in [0.2, 0.25) is 0 Å². The van der Waals surface area contributed by atoms with Crippen LogP contribution in [0, 0.1) is 5.92 Å². The van der Waals surface area contributed by atoms with Crippen LogP contribution in [0.1, 0.15) is 19.8 Å². The molecular weight excluding hydrogens is 190 g/mol. The molecule has 1 fully saturated rings. The Morgan fingerprint density at radius 1 is 1.67 bits per heavy atom. The number of ether oxygens (including phenoxy) is 1. The molecule has 1 saturated heterocycles. The van der Waals surface area contributed by atoms with Crippen LogP contribution in [0.4, 0.5) is 0 Å². The van der Waals surface area contributed by atoms with E-state index in [0.29, 0.717) is 5.76 Å². The standard InChI is InChI=1S/C12H19NO2/c1-4-7-13-8-5-6-11(9-13)12(14)15-10(2)3/h4,11H,1-2,5-9H2,3H3. The molecule has 84 valence electrons. The summed E-state index contributed by atoms with van der Waals surface area (Å²) in [4.78, 5) is 13.8. The van der Waals surface area contributed by atoms with Gasteiger partial charge in [-0.3, -0.25) is 9.69 Å². The smallest absolute Gasteiger partial charge is 0.315 e. The van der Waals surface area contributed by atoms with Gasteiger partial charge in [0.05, 0.1) is 11.7 Å². The van der Waals surface area contributed by atoms with Crippen molar-refractivity contribution in [2.75, 3.05) is 19.6 Å². The largest absolute Gasteiger partial charge is 0.432 e. The fraction of sp³-hybridized carbons (Fsp3) is 0.583. The molecule has 1 unspecified atom stereocenters. The molecule has 3 nitrogen and oxygen atoms in total. The van der Waals surface area contributed by atoms with Crippen molar-refractivity contribution in [3.05, 3.63) is 25.0 Å². The summed E-state index contributed by atoms with van der Waals surface area (Å²) in [5.74, 6) is 0.326. The number of carbonyl (C=O) groups excluding carboxylic acids is 1. The number of nitrogens with zero attached hydrogens (tertiary/aromatic N) is 1. The summed E-state index contributed by atoms with van der Waals surface area (Å²) in [6.07, 6.45) is 3.83.